The van der Waals surface area contributed by atoms with E-state index in [0.717, 1.165) is 22.6 Å². The van der Waals surface area contributed by atoms with E-state index in [1.807, 2.05) is 36.4 Å². The first-order valence-electron chi connectivity index (χ1n) is 9.28. The van der Waals surface area contributed by atoms with Gasteiger partial charge in [-0.05, 0) is 48.0 Å². The number of allylic oxidation sites excluding steroid dienone is 1. The smallest absolute Gasteiger partial charge is 0.231 e. The van der Waals surface area contributed by atoms with Gasteiger partial charge in [-0.2, -0.15) is 0 Å². The van der Waals surface area contributed by atoms with Crippen molar-refractivity contribution in [2.24, 2.45) is 0 Å². The zero-order valence-electron chi connectivity index (χ0n) is 15.5. The Bertz CT molecular complexity index is 1130. The third-order valence-electron chi connectivity index (χ3n) is 4.94. The Morgan fingerprint density at radius 2 is 2.07 bits per heavy atom. The average molecular weight is 405 g/mol. The van der Waals surface area contributed by atoms with Crippen molar-refractivity contribution in [1.29, 1.82) is 0 Å². The number of ether oxygens (including phenoxy) is 2. The molecule has 1 aromatic heterocycles. The standard InChI is InChI=1S/C23H17ClN2O3/c24-16-5-3-4-15(10-16)11-21-22(27)18-7-8-20-19(23(18)29-21)13-26(14-28-20)12-17-6-1-2-9-25-17/h1-11H,12-14H2. The number of nitrogens with zero attached hydrogens (tertiary/aromatic N) is 2. The molecule has 6 heteroatoms. The maximum Gasteiger partial charge on any atom is 0.231 e. The Kier molecular flexibility index (Phi) is 4.54. The number of aromatic nitrogens is 1. The van der Waals surface area contributed by atoms with E-state index in [2.05, 4.69) is 9.88 Å². The van der Waals surface area contributed by atoms with Crippen LogP contribution in [0.1, 0.15) is 27.2 Å². The summed E-state index contributed by atoms with van der Waals surface area (Å²) in [7, 11) is 0. The molecule has 5 rings (SSSR count). The lowest BCUT2D eigenvalue weighted by atomic mass is 10.0. The summed E-state index contributed by atoms with van der Waals surface area (Å²) in [6.07, 6.45) is 3.50. The highest BCUT2D eigenvalue weighted by Crippen LogP contribution is 2.42. The van der Waals surface area contributed by atoms with Gasteiger partial charge in [0.25, 0.3) is 0 Å². The van der Waals surface area contributed by atoms with Gasteiger partial charge in [0.1, 0.15) is 18.2 Å². The van der Waals surface area contributed by atoms with E-state index < -0.39 is 0 Å². The molecular weight excluding hydrogens is 388 g/mol. The zero-order chi connectivity index (χ0) is 19.8. The van der Waals surface area contributed by atoms with Gasteiger partial charge in [-0.15, -0.1) is 0 Å². The van der Waals surface area contributed by atoms with E-state index >= 15 is 0 Å². The maximum absolute atomic E-state index is 12.9. The van der Waals surface area contributed by atoms with E-state index in [-0.39, 0.29) is 11.5 Å². The Labute approximate surface area is 173 Å². The van der Waals surface area contributed by atoms with Crippen molar-refractivity contribution in [3.8, 4) is 11.5 Å². The molecule has 0 spiro atoms. The van der Waals surface area contributed by atoms with Crippen LogP contribution in [0.4, 0.5) is 0 Å². The maximum atomic E-state index is 12.9. The van der Waals surface area contributed by atoms with Gasteiger partial charge < -0.3 is 9.47 Å². The number of carbonyl (C=O) groups is 1. The zero-order valence-corrected chi connectivity index (χ0v) is 16.2. The number of halogens is 1. The molecule has 2 aliphatic rings. The third kappa shape index (κ3) is 3.50. The van der Waals surface area contributed by atoms with Gasteiger partial charge in [-0.1, -0.05) is 29.8 Å². The molecule has 144 valence electrons. The Hall–Kier alpha value is -3.15. The number of benzene rings is 2. The minimum absolute atomic E-state index is 0.135. The second-order valence-corrected chi connectivity index (χ2v) is 7.43. The van der Waals surface area contributed by atoms with Crippen molar-refractivity contribution < 1.29 is 14.3 Å². The van der Waals surface area contributed by atoms with Crippen LogP contribution in [0.3, 0.4) is 0 Å². The molecule has 0 radical (unpaired) electrons. The molecule has 0 N–H and O–H groups in total. The molecule has 5 nitrogen and oxygen atoms in total. The summed E-state index contributed by atoms with van der Waals surface area (Å²) in [5, 5.41) is 0.609. The summed E-state index contributed by atoms with van der Waals surface area (Å²) >= 11 is 6.05. The number of ketones is 1. The number of carbonyl (C=O) groups excluding carboxylic acids is 1. The minimum Gasteiger partial charge on any atom is -0.478 e. The highest BCUT2D eigenvalue weighted by Gasteiger charge is 2.33. The molecule has 2 aromatic carbocycles. The van der Waals surface area contributed by atoms with E-state index in [4.69, 9.17) is 21.1 Å². The highest BCUT2D eigenvalue weighted by atomic mass is 35.5. The highest BCUT2D eigenvalue weighted by molar-refractivity contribution is 6.30. The van der Waals surface area contributed by atoms with Crippen LogP contribution < -0.4 is 9.47 Å². The first-order valence-corrected chi connectivity index (χ1v) is 9.66. The average Bonchev–Trinajstić information content (AvgIpc) is 3.05. The first kappa shape index (κ1) is 17.9. The van der Waals surface area contributed by atoms with Gasteiger partial charge in [0.2, 0.25) is 5.78 Å². The minimum atomic E-state index is -0.135. The summed E-state index contributed by atoms with van der Waals surface area (Å²) in [5.74, 6) is 1.48. The fourth-order valence-corrected chi connectivity index (χ4v) is 3.77. The van der Waals surface area contributed by atoms with E-state index in [1.54, 1.807) is 30.5 Å². The van der Waals surface area contributed by atoms with Crippen molar-refractivity contribution >= 4 is 23.5 Å². The van der Waals surface area contributed by atoms with Crippen molar-refractivity contribution in [2.75, 3.05) is 6.73 Å². The van der Waals surface area contributed by atoms with E-state index in [1.165, 1.54) is 0 Å². The fourth-order valence-electron chi connectivity index (χ4n) is 3.57. The van der Waals surface area contributed by atoms with Crippen molar-refractivity contribution in [1.82, 2.24) is 9.88 Å². The lowest BCUT2D eigenvalue weighted by Crippen LogP contribution is -2.32. The van der Waals surface area contributed by atoms with Crippen molar-refractivity contribution in [3.05, 3.63) is 94.0 Å². The lowest BCUT2D eigenvalue weighted by molar-refractivity contribution is 0.0861. The second-order valence-electron chi connectivity index (χ2n) is 7.00. The summed E-state index contributed by atoms with van der Waals surface area (Å²) in [5.41, 5.74) is 3.22. The SMILES string of the molecule is O=C1C(=Cc2cccc(Cl)c2)Oc2c1ccc1c2CN(Cc2ccccn2)CO1. The molecule has 0 unspecified atom stereocenters. The topological polar surface area (TPSA) is 51.7 Å². The van der Waals surface area contributed by atoms with Gasteiger partial charge >= 0.3 is 0 Å². The molecule has 2 aliphatic heterocycles. The van der Waals surface area contributed by atoms with Crippen LogP contribution in [-0.4, -0.2) is 22.4 Å². The van der Waals surface area contributed by atoms with E-state index in [0.29, 0.717) is 36.2 Å². The number of Topliss-reactive ketones (excluding diaryl/α,β-unsaturated/α-hetero) is 1. The lowest BCUT2D eigenvalue weighted by Gasteiger charge is -2.29. The number of pyridine rings is 1. The monoisotopic (exact) mass is 404 g/mol. The Balaban J connectivity index is 1.44. The molecular formula is C23H17ClN2O3. The van der Waals surface area contributed by atoms with Crippen LogP contribution >= 0.6 is 11.6 Å². The van der Waals surface area contributed by atoms with Crippen LogP contribution in [0.2, 0.25) is 5.02 Å². The molecule has 0 saturated carbocycles. The largest absolute Gasteiger partial charge is 0.478 e. The van der Waals surface area contributed by atoms with Crippen LogP contribution in [0, 0.1) is 0 Å². The van der Waals surface area contributed by atoms with Crippen LogP contribution in [0.25, 0.3) is 6.08 Å². The molecule has 0 bridgehead atoms. The van der Waals surface area contributed by atoms with Gasteiger partial charge in [0, 0.05) is 24.3 Å². The number of hydrogen-bond acceptors (Lipinski definition) is 5. The molecule has 0 amide bonds. The third-order valence-corrected chi connectivity index (χ3v) is 5.18. The van der Waals surface area contributed by atoms with Crippen molar-refractivity contribution in [2.45, 2.75) is 13.1 Å². The number of fused-ring (bicyclic) bond motifs is 3. The molecule has 3 aromatic rings. The van der Waals surface area contributed by atoms with Gasteiger partial charge in [0.15, 0.2) is 5.76 Å². The van der Waals surface area contributed by atoms with Crippen molar-refractivity contribution in [3.63, 3.8) is 0 Å². The van der Waals surface area contributed by atoms with Crippen LogP contribution in [-0.2, 0) is 13.1 Å². The summed E-state index contributed by atoms with van der Waals surface area (Å²) < 4.78 is 11.9. The normalized spacial score (nSPS) is 16.9. The number of hydrogen-bond donors (Lipinski definition) is 0. The summed E-state index contributed by atoms with van der Waals surface area (Å²) in [6.45, 7) is 1.73. The molecule has 0 aliphatic carbocycles. The number of rotatable bonds is 3. The molecule has 3 heterocycles. The molecule has 29 heavy (non-hydrogen) atoms. The van der Waals surface area contributed by atoms with Gasteiger partial charge in [-0.25, -0.2) is 0 Å². The molecule has 0 fully saturated rings. The van der Waals surface area contributed by atoms with Gasteiger partial charge in [-0.3, -0.25) is 14.7 Å². The Morgan fingerprint density at radius 3 is 2.90 bits per heavy atom. The molecule has 0 saturated heterocycles. The predicted molar refractivity (Wildman–Crippen MR) is 110 cm³/mol. The second kappa shape index (κ2) is 7.35. The molecule has 0 atom stereocenters. The quantitative estimate of drug-likeness (QED) is 0.592. The first-order chi connectivity index (χ1) is 14.2. The predicted octanol–water partition coefficient (Wildman–Crippen LogP) is 4.70. The van der Waals surface area contributed by atoms with Crippen LogP contribution in [0.5, 0.6) is 11.5 Å². The summed E-state index contributed by atoms with van der Waals surface area (Å²) in [6, 6.07) is 16.8. The van der Waals surface area contributed by atoms with Gasteiger partial charge in [0.05, 0.1) is 16.8 Å². The van der Waals surface area contributed by atoms with Crippen LogP contribution in [0.15, 0.2) is 66.6 Å². The van der Waals surface area contributed by atoms with E-state index in [9.17, 15) is 4.79 Å². The summed E-state index contributed by atoms with van der Waals surface area (Å²) in [4.78, 5) is 19.4. The fraction of sp³-hybridized carbons (Fsp3) is 0.130. The Morgan fingerprint density at radius 1 is 1.14 bits per heavy atom.